The van der Waals surface area contributed by atoms with Gasteiger partial charge >= 0.3 is 0 Å². The third-order valence-corrected chi connectivity index (χ3v) is 5.08. The number of rotatable bonds is 6. The van der Waals surface area contributed by atoms with Crippen molar-refractivity contribution in [3.63, 3.8) is 0 Å². The molecule has 0 bridgehead atoms. The van der Waals surface area contributed by atoms with Crippen LogP contribution in [0.2, 0.25) is 0 Å². The van der Waals surface area contributed by atoms with Crippen LogP contribution in [0.25, 0.3) is 0 Å². The van der Waals surface area contributed by atoms with Gasteiger partial charge in [0, 0.05) is 45.3 Å². The molecule has 24 heavy (non-hydrogen) atoms. The van der Waals surface area contributed by atoms with E-state index in [1.54, 1.807) is 0 Å². The minimum Gasteiger partial charge on any atom is -0.379 e. The first-order valence-electron chi connectivity index (χ1n) is 9.53. The van der Waals surface area contributed by atoms with Crippen LogP contribution in [0.5, 0.6) is 0 Å². The van der Waals surface area contributed by atoms with Gasteiger partial charge < -0.3 is 20.1 Å². The standard InChI is InChI=1S/C17H33N5O2/c1-2-18-17(19-5-7-21-8-10-23-11-9-21)20-12-16-13-22-6-3-4-15(22)14-24-16/h15-16H,2-14H2,1H3,(H2,18,19,20). The number of guanidine groups is 1. The second-order valence-corrected chi connectivity index (χ2v) is 6.85. The fourth-order valence-electron chi connectivity index (χ4n) is 3.69. The molecule has 2 N–H and O–H groups in total. The molecule has 2 unspecified atom stereocenters. The summed E-state index contributed by atoms with van der Waals surface area (Å²) in [6.07, 6.45) is 2.84. The third kappa shape index (κ3) is 5.31. The van der Waals surface area contributed by atoms with E-state index in [1.807, 2.05) is 0 Å². The fraction of sp³-hybridized carbons (Fsp3) is 0.941. The number of aliphatic imine (C=N–C) groups is 1. The Morgan fingerprint density at radius 3 is 2.92 bits per heavy atom. The van der Waals surface area contributed by atoms with E-state index in [-0.39, 0.29) is 6.10 Å². The molecule has 3 fully saturated rings. The molecule has 0 aromatic heterocycles. The Hall–Kier alpha value is -0.890. The Morgan fingerprint density at radius 2 is 2.08 bits per heavy atom. The predicted molar refractivity (Wildman–Crippen MR) is 95.6 cm³/mol. The zero-order valence-corrected chi connectivity index (χ0v) is 15.0. The second kappa shape index (κ2) is 9.56. The molecule has 3 saturated heterocycles. The molecular weight excluding hydrogens is 306 g/mol. The fourth-order valence-corrected chi connectivity index (χ4v) is 3.69. The summed E-state index contributed by atoms with van der Waals surface area (Å²) in [4.78, 5) is 9.73. The van der Waals surface area contributed by atoms with Gasteiger partial charge in [0.25, 0.3) is 0 Å². The van der Waals surface area contributed by atoms with Crippen LogP contribution in [0.4, 0.5) is 0 Å². The number of morpholine rings is 2. The molecule has 3 aliphatic heterocycles. The predicted octanol–water partition coefficient (Wildman–Crippen LogP) is -0.263. The molecule has 3 rings (SSSR count). The van der Waals surface area contributed by atoms with Crippen molar-refractivity contribution < 1.29 is 9.47 Å². The van der Waals surface area contributed by atoms with Crippen LogP contribution in [0.3, 0.4) is 0 Å². The van der Waals surface area contributed by atoms with E-state index < -0.39 is 0 Å². The Labute approximate surface area is 145 Å². The monoisotopic (exact) mass is 339 g/mol. The minimum atomic E-state index is 0.231. The number of ether oxygens (including phenoxy) is 2. The summed E-state index contributed by atoms with van der Waals surface area (Å²) in [6, 6.07) is 0.658. The first kappa shape index (κ1) is 17.9. The van der Waals surface area contributed by atoms with Crippen molar-refractivity contribution in [3.8, 4) is 0 Å². The molecule has 0 aliphatic carbocycles. The highest BCUT2D eigenvalue weighted by atomic mass is 16.5. The Balaban J connectivity index is 1.39. The molecule has 3 aliphatic rings. The molecule has 7 heteroatoms. The molecule has 0 aromatic rings. The highest BCUT2D eigenvalue weighted by Crippen LogP contribution is 2.22. The van der Waals surface area contributed by atoms with Crippen LogP contribution in [-0.2, 0) is 9.47 Å². The molecule has 0 aromatic carbocycles. The van der Waals surface area contributed by atoms with Crippen LogP contribution in [-0.4, -0.2) is 100 Å². The third-order valence-electron chi connectivity index (χ3n) is 5.08. The van der Waals surface area contributed by atoms with E-state index >= 15 is 0 Å². The van der Waals surface area contributed by atoms with Gasteiger partial charge in [-0.2, -0.15) is 0 Å². The van der Waals surface area contributed by atoms with Crippen molar-refractivity contribution in [2.45, 2.75) is 31.9 Å². The minimum absolute atomic E-state index is 0.231. The van der Waals surface area contributed by atoms with Crippen LogP contribution < -0.4 is 10.6 Å². The lowest BCUT2D eigenvalue weighted by Crippen LogP contribution is -2.48. The second-order valence-electron chi connectivity index (χ2n) is 6.85. The lowest BCUT2D eigenvalue weighted by Gasteiger charge is -2.34. The molecular formula is C17H33N5O2. The number of hydrogen-bond acceptors (Lipinski definition) is 5. The van der Waals surface area contributed by atoms with Gasteiger partial charge in [-0.3, -0.25) is 14.8 Å². The van der Waals surface area contributed by atoms with Crippen molar-refractivity contribution in [2.75, 3.05) is 72.2 Å². The maximum absolute atomic E-state index is 5.99. The first-order chi connectivity index (χ1) is 11.8. The van der Waals surface area contributed by atoms with E-state index in [0.717, 1.165) is 71.6 Å². The van der Waals surface area contributed by atoms with Crippen molar-refractivity contribution >= 4 is 5.96 Å². The van der Waals surface area contributed by atoms with E-state index in [1.165, 1.54) is 19.4 Å². The van der Waals surface area contributed by atoms with Crippen molar-refractivity contribution in [1.82, 2.24) is 20.4 Å². The highest BCUT2D eigenvalue weighted by molar-refractivity contribution is 5.79. The number of hydrogen-bond donors (Lipinski definition) is 2. The molecule has 0 saturated carbocycles. The zero-order chi connectivity index (χ0) is 16.6. The van der Waals surface area contributed by atoms with Crippen LogP contribution in [0, 0.1) is 0 Å². The molecule has 138 valence electrons. The lowest BCUT2D eigenvalue weighted by molar-refractivity contribution is -0.0432. The molecule has 7 nitrogen and oxygen atoms in total. The van der Waals surface area contributed by atoms with E-state index in [2.05, 4.69) is 27.4 Å². The van der Waals surface area contributed by atoms with Gasteiger partial charge in [-0.05, 0) is 26.3 Å². The Kier molecular flexibility index (Phi) is 7.13. The average Bonchev–Trinajstić information content (AvgIpc) is 3.08. The van der Waals surface area contributed by atoms with Gasteiger partial charge in [-0.1, -0.05) is 0 Å². The van der Waals surface area contributed by atoms with Gasteiger partial charge in [0.15, 0.2) is 5.96 Å². The van der Waals surface area contributed by atoms with Gasteiger partial charge in [0.2, 0.25) is 0 Å². The molecule has 0 spiro atoms. The quantitative estimate of drug-likeness (QED) is 0.513. The van der Waals surface area contributed by atoms with Gasteiger partial charge in [0.05, 0.1) is 32.5 Å². The van der Waals surface area contributed by atoms with Gasteiger partial charge in [-0.15, -0.1) is 0 Å². The van der Waals surface area contributed by atoms with E-state index in [9.17, 15) is 0 Å². The van der Waals surface area contributed by atoms with Crippen molar-refractivity contribution in [1.29, 1.82) is 0 Å². The van der Waals surface area contributed by atoms with Gasteiger partial charge in [0.1, 0.15) is 0 Å². The van der Waals surface area contributed by atoms with Crippen LogP contribution in [0.1, 0.15) is 19.8 Å². The number of fused-ring (bicyclic) bond motifs is 1. The Morgan fingerprint density at radius 1 is 1.21 bits per heavy atom. The van der Waals surface area contributed by atoms with E-state index in [4.69, 9.17) is 14.5 Å². The van der Waals surface area contributed by atoms with Crippen molar-refractivity contribution in [2.24, 2.45) is 4.99 Å². The summed E-state index contributed by atoms with van der Waals surface area (Å²) < 4.78 is 11.4. The zero-order valence-electron chi connectivity index (χ0n) is 15.0. The summed E-state index contributed by atoms with van der Waals surface area (Å²) in [5.74, 6) is 0.901. The summed E-state index contributed by atoms with van der Waals surface area (Å²) in [5.41, 5.74) is 0. The molecule has 3 heterocycles. The smallest absolute Gasteiger partial charge is 0.191 e. The summed E-state index contributed by atoms with van der Waals surface area (Å²) in [5, 5.41) is 6.77. The summed E-state index contributed by atoms with van der Waals surface area (Å²) in [7, 11) is 0. The van der Waals surface area contributed by atoms with Crippen molar-refractivity contribution in [3.05, 3.63) is 0 Å². The first-order valence-corrected chi connectivity index (χ1v) is 9.53. The number of nitrogens with one attached hydrogen (secondary N) is 2. The molecule has 0 amide bonds. The topological polar surface area (TPSA) is 61.4 Å². The summed E-state index contributed by atoms with van der Waals surface area (Å²) in [6.45, 7) is 12.5. The Bertz CT molecular complexity index is 400. The SMILES string of the molecule is CCNC(=NCC1CN2CCCC2CO1)NCCN1CCOCC1. The molecule has 2 atom stereocenters. The largest absolute Gasteiger partial charge is 0.379 e. The highest BCUT2D eigenvalue weighted by Gasteiger charge is 2.31. The normalized spacial score (nSPS) is 29.5. The van der Waals surface area contributed by atoms with Crippen LogP contribution in [0.15, 0.2) is 4.99 Å². The maximum Gasteiger partial charge on any atom is 0.191 e. The lowest BCUT2D eigenvalue weighted by atomic mass is 10.2. The number of nitrogens with zero attached hydrogens (tertiary/aromatic N) is 3. The maximum atomic E-state index is 5.99. The van der Waals surface area contributed by atoms with Gasteiger partial charge in [-0.25, -0.2) is 0 Å². The average molecular weight is 339 g/mol. The van der Waals surface area contributed by atoms with Crippen LogP contribution >= 0.6 is 0 Å². The molecule has 0 radical (unpaired) electrons. The van der Waals surface area contributed by atoms with E-state index in [0.29, 0.717) is 6.04 Å². The summed E-state index contributed by atoms with van der Waals surface area (Å²) >= 11 is 0.